The number of ether oxygens (including phenoxy) is 2. The van der Waals surface area contributed by atoms with Crippen molar-refractivity contribution in [2.24, 2.45) is 13.0 Å². The molecule has 1 aromatic carbocycles. The molecule has 2 fully saturated rings. The zero-order valence-electron chi connectivity index (χ0n) is 15.6. The Hall–Kier alpha value is -3.16. The summed E-state index contributed by atoms with van der Waals surface area (Å²) in [5.41, 5.74) is 2.50. The summed E-state index contributed by atoms with van der Waals surface area (Å²) in [5.74, 6) is 1.84. The summed E-state index contributed by atoms with van der Waals surface area (Å²) < 4.78 is 13.4. The Morgan fingerprint density at radius 2 is 2.00 bits per heavy atom. The van der Waals surface area contributed by atoms with Crippen LogP contribution in [-0.2, 0) is 11.8 Å². The second kappa shape index (κ2) is 6.78. The predicted molar refractivity (Wildman–Crippen MR) is 102 cm³/mol. The molecule has 8 nitrogen and oxygen atoms in total. The lowest BCUT2D eigenvalue weighted by molar-refractivity contribution is -0.122. The van der Waals surface area contributed by atoms with Crippen molar-refractivity contribution < 1.29 is 14.3 Å². The number of amides is 1. The maximum atomic E-state index is 12.9. The fourth-order valence-electron chi connectivity index (χ4n) is 3.42. The SMILES string of the molecule is Cn1nnc2cc(N3CC[C@@H](Oc4cncc(OCC5CC5)c4)C3=O)ccc21. The number of pyridine rings is 1. The van der Waals surface area contributed by atoms with Crippen LogP contribution in [0.1, 0.15) is 19.3 Å². The van der Waals surface area contributed by atoms with Crippen molar-refractivity contribution in [2.45, 2.75) is 25.4 Å². The number of aromatic nitrogens is 4. The van der Waals surface area contributed by atoms with Gasteiger partial charge in [0.2, 0.25) is 0 Å². The van der Waals surface area contributed by atoms with Gasteiger partial charge >= 0.3 is 0 Å². The summed E-state index contributed by atoms with van der Waals surface area (Å²) in [6.07, 6.45) is 5.84. The molecule has 5 rings (SSSR count). The van der Waals surface area contributed by atoms with Crippen molar-refractivity contribution in [3.63, 3.8) is 0 Å². The molecule has 0 unspecified atom stereocenters. The van der Waals surface area contributed by atoms with Gasteiger partial charge in [-0.3, -0.25) is 9.78 Å². The number of aryl methyl sites for hydroxylation is 1. The van der Waals surface area contributed by atoms with Crippen LogP contribution >= 0.6 is 0 Å². The molecule has 1 saturated heterocycles. The van der Waals surface area contributed by atoms with Crippen molar-refractivity contribution in [1.82, 2.24) is 20.0 Å². The third kappa shape index (κ3) is 3.26. The molecule has 2 aliphatic rings. The minimum Gasteiger partial charge on any atom is -0.492 e. The molecule has 2 aromatic heterocycles. The van der Waals surface area contributed by atoms with Gasteiger partial charge in [-0.25, -0.2) is 4.68 Å². The maximum Gasteiger partial charge on any atom is 0.268 e. The number of carbonyl (C=O) groups is 1. The van der Waals surface area contributed by atoms with E-state index >= 15 is 0 Å². The van der Waals surface area contributed by atoms with Gasteiger partial charge in [0.1, 0.15) is 17.0 Å². The number of hydrogen-bond acceptors (Lipinski definition) is 6. The van der Waals surface area contributed by atoms with Crippen LogP contribution in [0.4, 0.5) is 5.69 Å². The molecule has 1 aliphatic carbocycles. The quantitative estimate of drug-likeness (QED) is 0.654. The number of carbonyl (C=O) groups excluding carboxylic acids is 1. The number of anilines is 1. The fourth-order valence-corrected chi connectivity index (χ4v) is 3.42. The third-order valence-corrected chi connectivity index (χ3v) is 5.21. The van der Waals surface area contributed by atoms with E-state index in [2.05, 4.69) is 15.3 Å². The molecule has 0 spiro atoms. The van der Waals surface area contributed by atoms with Gasteiger partial charge in [-0.05, 0) is 37.0 Å². The van der Waals surface area contributed by atoms with Crippen molar-refractivity contribution in [3.8, 4) is 11.5 Å². The highest BCUT2D eigenvalue weighted by Crippen LogP contribution is 2.31. The second-order valence-corrected chi connectivity index (χ2v) is 7.38. The minimum atomic E-state index is -0.530. The van der Waals surface area contributed by atoms with Gasteiger partial charge in [-0.2, -0.15) is 0 Å². The molecule has 0 bridgehead atoms. The molecule has 1 aliphatic heterocycles. The van der Waals surface area contributed by atoms with Gasteiger partial charge in [0, 0.05) is 31.8 Å². The van der Waals surface area contributed by atoms with Crippen LogP contribution in [0.3, 0.4) is 0 Å². The third-order valence-electron chi connectivity index (χ3n) is 5.21. The van der Waals surface area contributed by atoms with Gasteiger partial charge in [0.15, 0.2) is 6.10 Å². The Balaban J connectivity index is 1.28. The molecular weight excluding hydrogens is 358 g/mol. The zero-order valence-corrected chi connectivity index (χ0v) is 15.6. The van der Waals surface area contributed by atoms with E-state index in [9.17, 15) is 4.79 Å². The van der Waals surface area contributed by atoms with Gasteiger partial charge < -0.3 is 14.4 Å². The summed E-state index contributed by atoms with van der Waals surface area (Å²) in [6.45, 7) is 1.31. The zero-order chi connectivity index (χ0) is 19.1. The van der Waals surface area contributed by atoms with Crippen molar-refractivity contribution in [3.05, 3.63) is 36.7 Å². The molecule has 1 amide bonds. The molecule has 1 saturated carbocycles. The van der Waals surface area contributed by atoms with E-state index < -0.39 is 6.10 Å². The molecular formula is C20H21N5O3. The molecule has 1 atom stereocenters. The Bertz CT molecular complexity index is 1030. The molecule has 8 heteroatoms. The monoisotopic (exact) mass is 379 g/mol. The van der Waals surface area contributed by atoms with Gasteiger partial charge in [-0.15, -0.1) is 5.10 Å². The normalized spacial score (nSPS) is 19.4. The first-order chi connectivity index (χ1) is 13.7. The van der Waals surface area contributed by atoms with E-state index in [4.69, 9.17) is 9.47 Å². The van der Waals surface area contributed by atoms with Crippen LogP contribution in [0.2, 0.25) is 0 Å². The summed E-state index contributed by atoms with van der Waals surface area (Å²) in [4.78, 5) is 18.8. The Morgan fingerprint density at radius 3 is 2.86 bits per heavy atom. The number of benzene rings is 1. The average molecular weight is 379 g/mol. The highest BCUT2D eigenvalue weighted by Gasteiger charge is 2.34. The number of nitrogens with zero attached hydrogens (tertiary/aromatic N) is 5. The van der Waals surface area contributed by atoms with Crippen LogP contribution in [-0.4, -0.2) is 45.1 Å². The molecule has 0 radical (unpaired) electrons. The maximum absolute atomic E-state index is 12.9. The molecule has 3 aromatic rings. The molecule has 0 N–H and O–H groups in total. The summed E-state index contributed by atoms with van der Waals surface area (Å²) >= 11 is 0. The highest BCUT2D eigenvalue weighted by atomic mass is 16.5. The van der Waals surface area contributed by atoms with Gasteiger partial charge in [0.05, 0.1) is 24.5 Å². The summed E-state index contributed by atoms with van der Waals surface area (Å²) in [6, 6.07) is 7.53. The fraction of sp³-hybridized carbons (Fsp3) is 0.400. The van der Waals surface area contributed by atoms with E-state index in [1.807, 2.05) is 25.2 Å². The van der Waals surface area contributed by atoms with Crippen molar-refractivity contribution in [1.29, 1.82) is 0 Å². The van der Waals surface area contributed by atoms with Crippen LogP contribution in [0.25, 0.3) is 11.0 Å². The lowest BCUT2D eigenvalue weighted by Gasteiger charge is -2.17. The van der Waals surface area contributed by atoms with Gasteiger partial charge in [0.25, 0.3) is 5.91 Å². The van der Waals surface area contributed by atoms with Crippen LogP contribution < -0.4 is 14.4 Å². The van der Waals surface area contributed by atoms with Crippen molar-refractivity contribution >= 4 is 22.6 Å². The molecule has 28 heavy (non-hydrogen) atoms. The Kier molecular flexibility index (Phi) is 4.11. The van der Waals surface area contributed by atoms with Crippen LogP contribution in [0.5, 0.6) is 11.5 Å². The molecule has 144 valence electrons. The van der Waals surface area contributed by atoms with Crippen LogP contribution in [0.15, 0.2) is 36.7 Å². The molecule has 3 heterocycles. The Labute approximate surface area is 162 Å². The smallest absolute Gasteiger partial charge is 0.268 e. The van der Waals surface area contributed by atoms with E-state index in [0.29, 0.717) is 37.0 Å². The Morgan fingerprint density at radius 1 is 1.14 bits per heavy atom. The highest BCUT2D eigenvalue weighted by molar-refractivity contribution is 6.00. The largest absolute Gasteiger partial charge is 0.492 e. The first-order valence-corrected chi connectivity index (χ1v) is 9.53. The van der Waals surface area contributed by atoms with E-state index in [1.165, 1.54) is 12.8 Å². The van der Waals surface area contributed by atoms with Crippen LogP contribution in [0, 0.1) is 5.92 Å². The lowest BCUT2D eigenvalue weighted by atomic mass is 10.2. The first-order valence-electron chi connectivity index (χ1n) is 9.53. The van der Waals surface area contributed by atoms with E-state index in [-0.39, 0.29) is 5.91 Å². The lowest BCUT2D eigenvalue weighted by Crippen LogP contribution is -2.32. The average Bonchev–Trinajstić information content (AvgIpc) is 3.38. The minimum absolute atomic E-state index is 0.0625. The van der Waals surface area contributed by atoms with Crippen molar-refractivity contribution in [2.75, 3.05) is 18.1 Å². The topological polar surface area (TPSA) is 82.4 Å². The summed E-state index contributed by atoms with van der Waals surface area (Å²) in [5, 5.41) is 8.14. The number of rotatable bonds is 6. The van der Waals surface area contributed by atoms with Gasteiger partial charge in [-0.1, -0.05) is 5.21 Å². The summed E-state index contributed by atoms with van der Waals surface area (Å²) in [7, 11) is 1.84. The van der Waals surface area contributed by atoms with E-state index in [1.54, 1.807) is 28.0 Å². The number of hydrogen-bond donors (Lipinski definition) is 0. The van der Waals surface area contributed by atoms with E-state index in [0.717, 1.165) is 16.7 Å². The standard InChI is InChI=1S/C20H21N5O3/c1-24-18-5-4-14(8-17(18)22-23-24)25-7-6-19(20(25)26)28-16-9-15(10-21-11-16)27-12-13-2-3-13/h4-5,8-11,13,19H,2-3,6-7,12H2,1H3/t19-/m1/s1. The number of fused-ring (bicyclic) bond motifs is 1. The predicted octanol–water partition coefficient (Wildman–Crippen LogP) is 2.34. The first kappa shape index (κ1) is 17.0. The second-order valence-electron chi connectivity index (χ2n) is 7.38.